The number of carbonyl (C=O) groups excluding carboxylic acids is 1. The first kappa shape index (κ1) is 16.8. The van der Waals surface area contributed by atoms with Crippen molar-refractivity contribution in [1.29, 1.82) is 0 Å². The van der Waals surface area contributed by atoms with E-state index in [9.17, 15) is 4.79 Å². The highest BCUT2D eigenvalue weighted by molar-refractivity contribution is 5.74. The van der Waals surface area contributed by atoms with Gasteiger partial charge in [0.1, 0.15) is 0 Å². The third-order valence-electron chi connectivity index (χ3n) is 4.21. The molecule has 1 aromatic rings. The number of nitrogens with zero attached hydrogens (tertiary/aromatic N) is 3. The number of hydrogen-bond acceptors (Lipinski definition) is 4. The lowest BCUT2D eigenvalue weighted by Crippen LogP contribution is -2.40. The fourth-order valence-corrected chi connectivity index (χ4v) is 2.92. The largest absolute Gasteiger partial charge is 0.394 e. The summed E-state index contributed by atoms with van der Waals surface area (Å²) in [6.07, 6.45) is 0.972. The van der Waals surface area contributed by atoms with Crippen molar-refractivity contribution in [2.45, 2.75) is 46.3 Å². The predicted octanol–water partition coefficient (Wildman–Crippen LogP) is 0.386. The number of carbonyl (C=O) groups is 1. The van der Waals surface area contributed by atoms with E-state index in [1.54, 1.807) is 0 Å². The van der Waals surface area contributed by atoms with E-state index in [-0.39, 0.29) is 12.6 Å². The van der Waals surface area contributed by atoms with Gasteiger partial charge in [-0.05, 0) is 27.2 Å². The summed E-state index contributed by atoms with van der Waals surface area (Å²) in [6, 6.07) is 0.345. The van der Waals surface area contributed by atoms with Gasteiger partial charge in [0.25, 0.3) is 0 Å². The highest BCUT2D eigenvalue weighted by Gasteiger charge is 2.25. The van der Waals surface area contributed by atoms with Gasteiger partial charge in [0, 0.05) is 43.5 Å². The average Bonchev–Trinajstić information content (AvgIpc) is 3.05. The molecule has 7 nitrogen and oxygen atoms in total. The van der Waals surface area contributed by atoms with Crippen LogP contribution in [0, 0.1) is 13.8 Å². The minimum absolute atomic E-state index is 0.0231. The van der Waals surface area contributed by atoms with Crippen LogP contribution in [0.3, 0.4) is 0 Å². The van der Waals surface area contributed by atoms with Crippen LogP contribution in [-0.4, -0.2) is 58.1 Å². The SMILES string of the molecule is CCNC(=O)N1CCC(NCc2c(C)nn(CCO)c2C)C1. The molecule has 0 bridgehead atoms. The summed E-state index contributed by atoms with van der Waals surface area (Å²) < 4.78 is 1.85. The van der Waals surface area contributed by atoms with Crippen LogP contribution >= 0.6 is 0 Å². The number of nitrogens with one attached hydrogen (secondary N) is 2. The van der Waals surface area contributed by atoms with Crippen LogP contribution in [0.2, 0.25) is 0 Å². The second-order valence-electron chi connectivity index (χ2n) is 5.74. The summed E-state index contributed by atoms with van der Waals surface area (Å²) in [6.45, 7) is 9.53. The maximum absolute atomic E-state index is 11.8. The molecule has 22 heavy (non-hydrogen) atoms. The Morgan fingerprint density at radius 1 is 1.45 bits per heavy atom. The van der Waals surface area contributed by atoms with Gasteiger partial charge >= 0.3 is 6.03 Å². The average molecular weight is 309 g/mol. The number of hydrogen-bond donors (Lipinski definition) is 3. The molecule has 0 spiro atoms. The van der Waals surface area contributed by atoms with Gasteiger partial charge in [-0.1, -0.05) is 0 Å². The number of aryl methyl sites for hydroxylation is 1. The quantitative estimate of drug-likeness (QED) is 0.710. The second-order valence-corrected chi connectivity index (χ2v) is 5.74. The Labute approximate surface area is 131 Å². The third kappa shape index (κ3) is 3.78. The van der Waals surface area contributed by atoms with Crippen molar-refractivity contribution in [3.63, 3.8) is 0 Å². The number of rotatable bonds is 6. The molecule has 2 heterocycles. The Morgan fingerprint density at radius 3 is 2.91 bits per heavy atom. The number of amides is 2. The number of aromatic nitrogens is 2. The molecule has 1 atom stereocenters. The van der Waals surface area contributed by atoms with Crippen molar-refractivity contribution >= 4 is 6.03 Å². The van der Waals surface area contributed by atoms with E-state index in [1.165, 1.54) is 5.56 Å². The molecule has 0 aromatic carbocycles. The van der Waals surface area contributed by atoms with Crippen LogP contribution < -0.4 is 10.6 Å². The van der Waals surface area contributed by atoms with Gasteiger partial charge in [0.05, 0.1) is 18.8 Å². The number of aliphatic hydroxyl groups is 1. The Morgan fingerprint density at radius 2 is 2.23 bits per heavy atom. The van der Waals surface area contributed by atoms with Crippen molar-refractivity contribution in [3.05, 3.63) is 17.0 Å². The van der Waals surface area contributed by atoms with Crippen LogP contribution in [0.5, 0.6) is 0 Å². The van der Waals surface area contributed by atoms with Gasteiger partial charge in [-0.3, -0.25) is 4.68 Å². The Kier molecular flexibility index (Phi) is 5.79. The number of aliphatic hydroxyl groups excluding tert-OH is 1. The smallest absolute Gasteiger partial charge is 0.317 e. The van der Waals surface area contributed by atoms with Crippen LogP contribution in [0.4, 0.5) is 4.79 Å². The van der Waals surface area contributed by atoms with Crippen molar-refractivity contribution < 1.29 is 9.90 Å². The molecule has 1 unspecified atom stereocenters. The number of likely N-dealkylation sites (tertiary alicyclic amines) is 1. The summed E-state index contributed by atoms with van der Waals surface area (Å²) in [4.78, 5) is 13.7. The van der Waals surface area contributed by atoms with Gasteiger partial charge in [0.15, 0.2) is 0 Å². The molecule has 7 heteroatoms. The second kappa shape index (κ2) is 7.60. The molecule has 1 fully saturated rings. The minimum Gasteiger partial charge on any atom is -0.394 e. The predicted molar refractivity (Wildman–Crippen MR) is 84.7 cm³/mol. The zero-order chi connectivity index (χ0) is 16.1. The van der Waals surface area contributed by atoms with Crippen molar-refractivity contribution in [2.24, 2.45) is 0 Å². The normalized spacial score (nSPS) is 18.0. The molecular weight excluding hydrogens is 282 g/mol. The standard InChI is InChI=1S/C15H27N5O2/c1-4-16-15(22)19-6-5-13(10-19)17-9-14-11(2)18-20(7-8-21)12(14)3/h13,17,21H,4-10H2,1-3H3,(H,16,22). The first-order valence-electron chi connectivity index (χ1n) is 7.96. The van der Waals surface area contributed by atoms with Gasteiger partial charge in [-0.25, -0.2) is 4.79 Å². The highest BCUT2D eigenvalue weighted by atomic mass is 16.3. The van der Waals surface area contributed by atoms with Gasteiger partial charge < -0.3 is 20.6 Å². The fourth-order valence-electron chi connectivity index (χ4n) is 2.92. The van der Waals surface area contributed by atoms with Crippen LogP contribution in [-0.2, 0) is 13.1 Å². The minimum atomic E-state index is 0.0231. The molecule has 1 saturated heterocycles. The summed E-state index contributed by atoms with van der Waals surface area (Å²) in [5.41, 5.74) is 3.28. The highest BCUT2D eigenvalue weighted by Crippen LogP contribution is 2.15. The van der Waals surface area contributed by atoms with E-state index >= 15 is 0 Å². The van der Waals surface area contributed by atoms with Crippen molar-refractivity contribution in [3.8, 4) is 0 Å². The Hall–Kier alpha value is -1.60. The molecule has 2 amide bonds. The van der Waals surface area contributed by atoms with Crippen molar-refractivity contribution in [2.75, 3.05) is 26.2 Å². The third-order valence-corrected chi connectivity index (χ3v) is 4.21. The van der Waals surface area contributed by atoms with Crippen LogP contribution in [0.25, 0.3) is 0 Å². The maximum atomic E-state index is 11.8. The first-order chi connectivity index (χ1) is 10.6. The first-order valence-corrected chi connectivity index (χ1v) is 7.96. The lowest BCUT2D eigenvalue weighted by molar-refractivity contribution is 0.208. The number of urea groups is 1. The molecular formula is C15H27N5O2. The molecule has 1 aliphatic heterocycles. The van der Waals surface area contributed by atoms with E-state index in [4.69, 9.17) is 5.11 Å². The van der Waals surface area contributed by atoms with E-state index in [1.807, 2.05) is 30.4 Å². The fraction of sp³-hybridized carbons (Fsp3) is 0.733. The Balaban J connectivity index is 1.88. The molecule has 1 aromatic heterocycles. The lowest BCUT2D eigenvalue weighted by atomic mass is 10.1. The zero-order valence-corrected chi connectivity index (χ0v) is 13.7. The van der Waals surface area contributed by atoms with E-state index in [2.05, 4.69) is 15.7 Å². The molecule has 0 saturated carbocycles. The van der Waals surface area contributed by atoms with Crippen molar-refractivity contribution in [1.82, 2.24) is 25.3 Å². The summed E-state index contributed by atoms with van der Waals surface area (Å²) >= 11 is 0. The van der Waals surface area contributed by atoms with Gasteiger partial charge in [0.2, 0.25) is 0 Å². The van der Waals surface area contributed by atoms with Crippen LogP contribution in [0.1, 0.15) is 30.3 Å². The molecule has 2 rings (SSSR count). The maximum Gasteiger partial charge on any atom is 0.317 e. The molecule has 3 N–H and O–H groups in total. The molecule has 0 radical (unpaired) electrons. The molecule has 1 aliphatic rings. The molecule has 0 aliphatic carbocycles. The van der Waals surface area contributed by atoms with E-state index in [0.29, 0.717) is 19.1 Å². The summed E-state index contributed by atoms with van der Waals surface area (Å²) in [5, 5.41) is 19.9. The molecule has 124 valence electrons. The lowest BCUT2D eigenvalue weighted by Gasteiger charge is -2.17. The topological polar surface area (TPSA) is 82.4 Å². The van der Waals surface area contributed by atoms with Crippen LogP contribution in [0.15, 0.2) is 0 Å². The van der Waals surface area contributed by atoms with E-state index < -0.39 is 0 Å². The Bertz CT molecular complexity index is 514. The van der Waals surface area contributed by atoms with Gasteiger partial charge in [-0.2, -0.15) is 5.10 Å². The zero-order valence-electron chi connectivity index (χ0n) is 13.7. The summed E-state index contributed by atoms with van der Waals surface area (Å²) in [5.74, 6) is 0. The monoisotopic (exact) mass is 309 g/mol. The van der Waals surface area contributed by atoms with Gasteiger partial charge in [-0.15, -0.1) is 0 Å². The van der Waals surface area contributed by atoms with E-state index in [0.717, 1.165) is 37.4 Å². The summed E-state index contributed by atoms with van der Waals surface area (Å²) in [7, 11) is 0.